The first-order chi connectivity index (χ1) is 10.1. The van der Waals surface area contributed by atoms with Crippen LogP contribution in [0.25, 0.3) is 0 Å². The molecule has 0 aliphatic heterocycles. The summed E-state index contributed by atoms with van der Waals surface area (Å²) in [6.07, 6.45) is 1.63. The summed E-state index contributed by atoms with van der Waals surface area (Å²) < 4.78 is 0. The van der Waals surface area contributed by atoms with E-state index in [-0.39, 0.29) is 0 Å². The third kappa shape index (κ3) is 4.39. The van der Waals surface area contributed by atoms with Crippen LogP contribution in [-0.2, 0) is 0 Å². The van der Waals surface area contributed by atoms with E-state index in [1.54, 1.807) is 6.20 Å². The Balaban J connectivity index is 2.07. The van der Waals surface area contributed by atoms with Crippen molar-refractivity contribution in [3.63, 3.8) is 0 Å². The number of aromatic nitrogens is 3. The maximum absolute atomic E-state index is 4.43. The van der Waals surface area contributed by atoms with Crippen molar-refractivity contribution in [2.75, 3.05) is 37.8 Å². The number of nitrogens with zero attached hydrogens (tertiary/aromatic N) is 4. The van der Waals surface area contributed by atoms with Crippen LogP contribution in [0.15, 0.2) is 24.4 Å². The highest BCUT2D eigenvalue weighted by Gasteiger charge is 2.05. The predicted octanol–water partition coefficient (Wildman–Crippen LogP) is 2.21. The van der Waals surface area contributed by atoms with Crippen molar-refractivity contribution in [3.8, 4) is 0 Å². The van der Waals surface area contributed by atoms with Crippen LogP contribution in [0.2, 0.25) is 0 Å². The summed E-state index contributed by atoms with van der Waals surface area (Å²) in [6.45, 7) is 5.83. The number of hydrogen-bond donors (Lipinski definition) is 2. The maximum Gasteiger partial charge on any atom is 0.244 e. The van der Waals surface area contributed by atoms with Crippen molar-refractivity contribution in [1.29, 1.82) is 0 Å². The van der Waals surface area contributed by atoms with E-state index in [0.717, 1.165) is 18.8 Å². The van der Waals surface area contributed by atoms with Crippen LogP contribution < -0.4 is 10.6 Å². The summed E-state index contributed by atoms with van der Waals surface area (Å²) in [4.78, 5) is 6.53. The molecule has 6 heteroatoms. The van der Waals surface area contributed by atoms with E-state index >= 15 is 0 Å². The van der Waals surface area contributed by atoms with Gasteiger partial charge in [-0.25, -0.2) is 0 Å². The van der Waals surface area contributed by atoms with Crippen molar-refractivity contribution in [2.45, 2.75) is 13.8 Å². The Labute approximate surface area is 125 Å². The maximum atomic E-state index is 4.43. The Hall–Kier alpha value is -2.21. The molecule has 1 heterocycles. The molecule has 0 saturated carbocycles. The van der Waals surface area contributed by atoms with Crippen LogP contribution >= 0.6 is 0 Å². The molecule has 0 bridgehead atoms. The molecule has 112 valence electrons. The molecule has 1 aromatic carbocycles. The Morgan fingerprint density at radius 2 is 1.86 bits per heavy atom. The number of nitrogens with one attached hydrogen (secondary N) is 2. The van der Waals surface area contributed by atoms with E-state index in [0.29, 0.717) is 11.8 Å². The molecule has 0 unspecified atom stereocenters. The fourth-order valence-corrected chi connectivity index (χ4v) is 1.97. The van der Waals surface area contributed by atoms with Crippen LogP contribution in [0.1, 0.15) is 11.1 Å². The number of hydrogen-bond acceptors (Lipinski definition) is 6. The highest BCUT2D eigenvalue weighted by atomic mass is 15.3. The summed E-state index contributed by atoms with van der Waals surface area (Å²) in [5.74, 6) is 1.22. The van der Waals surface area contributed by atoms with Gasteiger partial charge in [0.05, 0.1) is 6.20 Å². The van der Waals surface area contributed by atoms with Crippen molar-refractivity contribution in [3.05, 3.63) is 35.5 Å². The second-order valence-electron chi connectivity index (χ2n) is 5.29. The number of benzene rings is 1. The summed E-state index contributed by atoms with van der Waals surface area (Å²) in [6, 6.07) is 6.18. The van der Waals surface area contributed by atoms with Gasteiger partial charge in [0.2, 0.25) is 5.95 Å². The van der Waals surface area contributed by atoms with E-state index in [1.807, 2.05) is 20.2 Å². The highest BCUT2D eigenvalue weighted by molar-refractivity contribution is 5.64. The standard InChI is InChI=1S/C15H22N6/c1-11-6-5-7-12(2)14(11)18-13-10-17-20-15(19-13)16-8-9-21(3)4/h5-7,10H,8-9H2,1-4H3,(H2,16,18,19,20). The van der Waals surface area contributed by atoms with Crippen LogP contribution in [0.3, 0.4) is 0 Å². The quantitative estimate of drug-likeness (QED) is 0.848. The first-order valence-corrected chi connectivity index (χ1v) is 6.98. The highest BCUT2D eigenvalue weighted by Crippen LogP contribution is 2.22. The lowest BCUT2D eigenvalue weighted by Gasteiger charge is -2.13. The first kappa shape index (κ1) is 15.2. The van der Waals surface area contributed by atoms with Gasteiger partial charge < -0.3 is 15.5 Å². The molecule has 2 aromatic rings. The van der Waals surface area contributed by atoms with Gasteiger partial charge in [-0.3, -0.25) is 0 Å². The lowest BCUT2D eigenvalue weighted by Crippen LogP contribution is -2.21. The molecule has 0 spiro atoms. The number of para-hydroxylation sites is 1. The number of aryl methyl sites for hydroxylation is 2. The molecule has 0 amide bonds. The molecule has 1 aromatic heterocycles. The van der Waals surface area contributed by atoms with Gasteiger partial charge in [-0.2, -0.15) is 10.1 Å². The molecule has 6 nitrogen and oxygen atoms in total. The van der Waals surface area contributed by atoms with Gasteiger partial charge in [0.25, 0.3) is 0 Å². The smallest absolute Gasteiger partial charge is 0.244 e. The molecule has 0 radical (unpaired) electrons. The zero-order chi connectivity index (χ0) is 15.2. The van der Waals surface area contributed by atoms with Crippen molar-refractivity contribution in [1.82, 2.24) is 20.1 Å². The Bertz CT molecular complexity index is 576. The van der Waals surface area contributed by atoms with Crippen molar-refractivity contribution < 1.29 is 0 Å². The fourth-order valence-electron chi connectivity index (χ4n) is 1.97. The van der Waals surface area contributed by atoms with Gasteiger partial charge >= 0.3 is 0 Å². The summed E-state index contributed by atoms with van der Waals surface area (Å²) in [7, 11) is 4.06. The minimum Gasteiger partial charge on any atom is -0.352 e. The number of anilines is 3. The molecular formula is C15H22N6. The lowest BCUT2D eigenvalue weighted by atomic mass is 10.1. The predicted molar refractivity (Wildman–Crippen MR) is 86.1 cm³/mol. The minimum absolute atomic E-state index is 0.535. The normalized spacial score (nSPS) is 10.7. The Kier molecular flexibility index (Phi) is 5.05. The van der Waals surface area contributed by atoms with Gasteiger partial charge in [0.1, 0.15) is 0 Å². The molecular weight excluding hydrogens is 264 g/mol. The third-order valence-electron chi connectivity index (χ3n) is 3.14. The summed E-state index contributed by atoms with van der Waals surface area (Å²) >= 11 is 0. The van der Waals surface area contributed by atoms with Crippen LogP contribution in [-0.4, -0.2) is 47.3 Å². The molecule has 21 heavy (non-hydrogen) atoms. The first-order valence-electron chi connectivity index (χ1n) is 6.98. The second kappa shape index (κ2) is 6.99. The zero-order valence-corrected chi connectivity index (χ0v) is 13.0. The topological polar surface area (TPSA) is 66.0 Å². The van der Waals surface area contributed by atoms with Gasteiger partial charge in [-0.1, -0.05) is 18.2 Å². The van der Waals surface area contributed by atoms with Gasteiger partial charge in [0, 0.05) is 18.8 Å². The monoisotopic (exact) mass is 286 g/mol. The fraction of sp³-hybridized carbons (Fsp3) is 0.400. The molecule has 2 N–H and O–H groups in total. The lowest BCUT2D eigenvalue weighted by molar-refractivity contribution is 0.425. The Morgan fingerprint density at radius 3 is 2.52 bits per heavy atom. The van der Waals surface area contributed by atoms with E-state index in [9.17, 15) is 0 Å². The van der Waals surface area contributed by atoms with Crippen molar-refractivity contribution >= 4 is 17.5 Å². The molecule has 0 fully saturated rings. The van der Waals surface area contributed by atoms with E-state index < -0.39 is 0 Å². The van der Waals surface area contributed by atoms with Crippen LogP contribution in [0, 0.1) is 13.8 Å². The van der Waals surface area contributed by atoms with Crippen molar-refractivity contribution in [2.24, 2.45) is 0 Å². The average Bonchev–Trinajstić information content (AvgIpc) is 2.43. The SMILES string of the molecule is Cc1cccc(C)c1Nc1cnnc(NCCN(C)C)n1. The number of rotatable bonds is 6. The minimum atomic E-state index is 0.535. The van der Waals surface area contributed by atoms with Crippen LogP contribution in [0.5, 0.6) is 0 Å². The zero-order valence-electron chi connectivity index (χ0n) is 13.0. The van der Waals surface area contributed by atoms with Gasteiger partial charge in [-0.15, -0.1) is 5.10 Å². The van der Waals surface area contributed by atoms with Gasteiger partial charge in [0.15, 0.2) is 5.82 Å². The summed E-state index contributed by atoms with van der Waals surface area (Å²) in [5.41, 5.74) is 3.42. The van der Waals surface area contributed by atoms with Gasteiger partial charge in [-0.05, 0) is 39.1 Å². The molecule has 0 aliphatic carbocycles. The molecule has 2 rings (SSSR count). The third-order valence-corrected chi connectivity index (χ3v) is 3.14. The van der Waals surface area contributed by atoms with E-state index in [4.69, 9.17) is 0 Å². The number of likely N-dealkylation sites (N-methyl/N-ethyl adjacent to an activating group) is 1. The second-order valence-corrected chi connectivity index (χ2v) is 5.29. The largest absolute Gasteiger partial charge is 0.352 e. The van der Waals surface area contributed by atoms with Crippen LogP contribution in [0.4, 0.5) is 17.5 Å². The van der Waals surface area contributed by atoms with E-state index in [1.165, 1.54) is 11.1 Å². The van der Waals surface area contributed by atoms with E-state index in [2.05, 4.69) is 56.7 Å². The molecule has 0 aliphatic rings. The molecule has 0 atom stereocenters. The summed E-state index contributed by atoms with van der Waals surface area (Å²) in [5, 5.41) is 14.5. The average molecular weight is 286 g/mol. The molecule has 0 saturated heterocycles. The Morgan fingerprint density at radius 1 is 1.14 bits per heavy atom.